The van der Waals surface area contributed by atoms with Gasteiger partial charge in [-0.05, 0) is 25.0 Å². The van der Waals surface area contributed by atoms with Crippen molar-refractivity contribution in [3.8, 4) is 11.4 Å². The molecule has 1 aliphatic carbocycles. The quantitative estimate of drug-likeness (QED) is 0.910. The Hall–Kier alpha value is -1.79. The van der Waals surface area contributed by atoms with E-state index in [2.05, 4.69) is 15.3 Å². The number of rotatable bonds is 4. The minimum absolute atomic E-state index is 0.00409. The maximum atomic E-state index is 12.5. The van der Waals surface area contributed by atoms with Crippen molar-refractivity contribution >= 4 is 22.4 Å². The van der Waals surface area contributed by atoms with E-state index in [0.717, 1.165) is 37.1 Å². The number of nitrogens with one attached hydrogen (secondary N) is 1. The minimum Gasteiger partial charge on any atom is -0.329 e. The van der Waals surface area contributed by atoms with Gasteiger partial charge in [-0.2, -0.15) is 0 Å². The van der Waals surface area contributed by atoms with Gasteiger partial charge >= 0.3 is 0 Å². The second kappa shape index (κ2) is 5.91. The first-order valence-corrected chi connectivity index (χ1v) is 8.00. The average molecular weight is 302 g/mol. The van der Waals surface area contributed by atoms with Gasteiger partial charge in [-0.1, -0.05) is 18.9 Å². The molecule has 0 spiro atoms. The predicted molar refractivity (Wildman–Crippen MR) is 83.9 cm³/mol. The van der Waals surface area contributed by atoms with Crippen LogP contribution in [0.1, 0.15) is 25.7 Å². The van der Waals surface area contributed by atoms with Gasteiger partial charge in [-0.15, -0.1) is 11.3 Å². The van der Waals surface area contributed by atoms with Crippen LogP contribution in [-0.2, 0) is 4.79 Å². The Morgan fingerprint density at radius 3 is 2.81 bits per heavy atom. The van der Waals surface area contributed by atoms with E-state index < -0.39 is 5.41 Å². The summed E-state index contributed by atoms with van der Waals surface area (Å²) in [4.78, 5) is 21.2. The van der Waals surface area contributed by atoms with Crippen LogP contribution >= 0.6 is 11.3 Å². The molecule has 3 N–H and O–H groups in total. The van der Waals surface area contributed by atoms with Crippen molar-refractivity contribution in [3.63, 3.8) is 0 Å². The van der Waals surface area contributed by atoms with E-state index >= 15 is 0 Å². The van der Waals surface area contributed by atoms with E-state index in [-0.39, 0.29) is 5.91 Å². The fraction of sp³-hybridized carbons (Fsp3) is 0.400. The van der Waals surface area contributed by atoms with E-state index in [1.54, 1.807) is 6.20 Å². The van der Waals surface area contributed by atoms with Gasteiger partial charge in [0, 0.05) is 18.1 Å². The number of aromatic nitrogens is 2. The molecule has 5 nitrogen and oxygen atoms in total. The lowest BCUT2D eigenvalue weighted by Crippen LogP contribution is -2.40. The first kappa shape index (κ1) is 14.2. The van der Waals surface area contributed by atoms with Crippen molar-refractivity contribution in [1.82, 2.24) is 9.97 Å². The average Bonchev–Trinajstić information content (AvgIpc) is 3.18. The van der Waals surface area contributed by atoms with Crippen LogP contribution in [0.25, 0.3) is 11.4 Å². The van der Waals surface area contributed by atoms with Crippen LogP contribution in [0.4, 0.5) is 5.13 Å². The van der Waals surface area contributed by atoms with Crippen LogP contribution in [0.3, 0.4) is 0 Å². The lowest BCUT2D eigenvalue weighted by Gasteiger charge is -2.24. The standard InChI is InChI=1S/C15H18N4OS/c16-10-15(6-2-3-7-15)13(20)19-14-18-12(9-21-14)11-5-1-4-8-17-11/h1,4-5,8-9H,2-3,6-7,10,16H2,(H,18,19,20). The fourth-order valence-corrected chi connectivity index (χ4v) is 3.47. The van der Waals surface area contributed by atoms with E-state index in [4.69, 9.17) is 5.73 Å². The summed E-state index contributed by atoms with van der Waals surface area (Å²) in [6.07, 6.45) is 5.61. The van der Waals surface area contributed by atoms with Crippen molar-refractivity contribution < 1.29 is 4.79 Å². The molecule has 1 saturated carbocycles. The number of anilines is 1. The number of carbonyl (C=O) groups excluding carboxylic acids is 1. The number of hydrogen-bond acceptors (Lipinski definition) is 5. The molecule has 0 saturated heterocycles. The number of thiazole rings is 1. The summed E-state index contributed by atoms with van der Waals surface area (Å²) in [5.41, 5.74) is 7.02. The van der Waals surface area contributed by atoms with Gasteiger partial charge in [0.1, 0.15) is 5.69 Å². The first-order chi connectivity index (χ1) is 10.2. The van der Waals surface area contributed by atoms with Gasteiger partial charge in [-0.3, -0.25) is 9.78 Å². The molecule has 1 amide bonds. The zero-order chi connectivity index (χ0) is 14.7. The molecule has 0 aliphatic heterocycles. The van der Waals surface area contributed by atoms with E-state index in [9.17, 15) is 4.79 Å². The molecule has 2 aromatic rings. The molecular weight excluding hydrogens is 284 g/mol. The number of pyridine rings is 1. The molecule has 6 heteroatoms. The van der Waals surface area contributed by atoms with Crippen LogP contribution in [-0.4, -0.2) is 22.4 Å². The zero-order valence-electron chi connectivity index (χ0n) is 11.7. The molecule has 1 aliphatic rings. The smallest absolute Gasteiger partial charge is 0.233 e. The van der Waals surface area contributed by atoms with Crippen molar-refractivity contribution in [2.45, 2.75) is 25.7 Å². The van der Waals surface area contributed by atoms with Crippen LogP contribution in [0.2, 0.25) is 0 Å². The summed E-state index contributed by atoms with van der Waals surface area (Å²) in [5.74, 6) is 0.00409. The topological polar surface area (TPSA) is 80.9 Å². The lowest BCUT2D eigenvalue weighted by atomic mass is 9.85. The number of hydrogen-bond donors (Lipinski definition) is 2. The van der Waals surface area contributed by atoms with Gasteiger partial charge < -0.3 is 11.1 Å². The molecule has 3 rings (SSSR count). The predicted octanol–water partition coefficient (Wildman–Crippen LogP) is 2.66. The molecule has 0 bridgehead atoms. The van der Waals surface area contributed by atoms with Crippen LogP contribution in [0.15, 0.2) is 29.8 Å². The first-order valence-electron chi connectivity index (χ1n) is 7.12. The van der Waals surface area contributed by atoms with Gasteiger partial charge in [0.05, 0.1) is 11.1 Å². The van der Waals surface area contributed by atoms with Gasteiger partial charge in [-0.25, -0.2) is 4.98 Å². The summed E-state index contributed by atoms with van der Waals surface area (Å²) in [6.45, 7) is 0.400. The molecule has 110 valence electrons. The highest BCUT2D eigenvalue weighted by Crippen LogP contribution is 2.38. The third-order valence-electron chi connectivity index (χ3n) is 4.09. The van der Waals surface area contributed by atoms with Crippen LogP contribution in [0.5, 0.6) is 0 Å². The van der Waals surface area contributed by atoms with E-state index in [1.807, 2.05) is 23.6 Å². The summed E-state index contributed by atoms with van der Waals surface area (Å²) in [5, 5.41) is 5.44. The molecule has 2 heterocycles. The molecule has 0 radical (unpaired) electrons. The van der Waals surface area contributed by atoms with Crippen molar-refractivity contribution in [3.05, 3.63) is 29.8 Å². The highest BCUT2D eigenvalue weighted by Gasteiger charge is 2.40. The highest BCUT2D eigenvalue weighted by atomic mass is 32.1. The number of nitrogens with two attached hydrogens (primary N) is 1. The number of carbonyl (C=O) groups is 1. The van der Waals surface area contributed by atoms with Crippen molar-refractivity contribution in [2.24, 2.45) is 11.1 Å². The SMILES string of the molecule is NCC1(C(=O)Nc2nc(-c3ccccn3)cs2)CCCC1. The minimum atomic E-state index is -0.406. The fourth-order valence-electron chi connectivity index (χ4n) is 2.77. The third kappa shape index (κ3) is 2.82. The molecule has 21 heavy (non-hydrogen) atoms. The van der Waals surface area contributed by atoms with E-state index in [1.165, 1.54) is 11.3 Å². The van der Waals surface area contributed by atoms with Crippen LogP contribution in [0, 0.1) is 5.41 Å². The Labute approximate surface area is 127 Å². The molecule has 0 aromatic carbocycles. The summed E-state index contributed by atoms with van der Waals surface area (Å²) in [7, 11) is 0. The maximum Gasteiger partial charge on any atom is 0.233 e. The van der Waals surface area contributed by atoms with Gasteiger partial charge in [0.25, 0.3) is 0 Å². The lowest BCUT2D eigenvalue weighted by molar-refractivity contribution is -0.124. The molecule has 1 fully saturated rings. The van der Waals surface area contributed by atoms with E-state index in [0.29, 0.717) is 11.7 Å². The van der Waals surface area contributed by atoms with Crippen molar-refractivity contribution in [2.75, 3.05) is 11.9 Å². The Bertz CT molecular complexity index is 620. The summed E-state index contributed by atoms with van der Waals surface area (Å²) < 4.78 is 0. The van der Waals surface area contributed by atoms with Gasteiger partial charge in [0.2, 0.25) is 5.91 Å². The van der Waals surface area contributed by atoms with Crippen molar-refractivity contribution in [1.29, 1.82) is 0 Å². The second-order valence-electron chi connectivity index (χ2n) is 5.40. The Balaban J connectivity index is 1.74. The summed E-state index contributed by atoms with van der Waals surface area (Å²) >= 11 is 1.42. The Morgan fingerprint density at radius 1 is 1.33 bits per heavy atom. The molecule has 2 aromatic heterocycles. The largest absolute Gasteiger partial charge is 0.329 e. The summed E-state index contributed by atoms with van der Waals surface area (Å²) in [6, 6.07) is 5.69. The molecular formula is C15H18N4OS. The van der Waals surface area contributed by atoms with Gasteiger partial charge in [0.15, 0.2) is 5.13 Å². The number of amides is 1. The normalized spacial score (nSPS) is 16.8. The second-order valence-corrected chi connectivity index (χ2v) is 6.26. The van der Waals surface area contributed by atoms with Crippen LogP contribution < -0.4 is 11.1 Å². The monoisotopic (exact) mass is 302 g/mol. The molecule has 0 atom stereocenters. The zero-order valence-corrected chi connectivity index (χ0v) is 12.5. The highest BCUT2D eigenvalue weighted by molar-refractivity contribution is 7.14. The third-order valence-corrected chi connectivity index (χ3v) is 4.84. The maximum absolute atomic E-state index is 12.5. The molecule has 0 unspecified atom stereocenters. The Kier molecular flexibility index (Phi) is 3.98. The Morgan fingerprint density at radius 2 is 2.14 bits per heavy atom. The number of nitrogens with zero attached hydrogens (tertiary/aromatic N) is 2.